The standard InChI is InChI=1S/C15H18ClNO4/c1-21-11-6-5-10(12(16)9-11)8-14(18)17-7-3-2-4-13(17)15(19)20/h5-6,9,13H,2-4,7-8H2,1H3,(H,19,20). The minimum absolute atomic E-state index is 0.104. The van der Waals surface area contributed by atoms with E-state index in [1.165, 1.54) is 4.90 Å². The minimum Gasteiger partial charge on any atom is -0.497 e. The van der Waals surface area contributed by atoms with Crippen LogP contribution in [0, 0.1) is 0 Å². The molecule has 1 aromatic carbocycles. The maximum Gasteiger partial charge on any atom is 0.326 e. The van der Waals surface area contributed by atoms with E-state index in [-0.39, 0.29) is 12.3 Å². The first-order valence-electron chi connectivity index (χ1n) is 6.87. The van der Waals surface area contributed by atoms with Gasteiger partial charge in [-0.15, -0.1) is 0 Å². The van der Waals surface area contributed by atoms with Gasteiger partial charge >= 0.3 is 5.97 Å². The number of halogens is 1. The van der Waals surface area contributed by atoms with Crippen molar-refractivity contribution in [3.8, 4) is 5.75 Å². The number of rotatable bonds is 4. The summed E-state index contributed by atoms with van der Waals surface area (Å²) in [6.07, 6.45) is 2.29. The number of benzene rings is 1. The van der Waals surface area contributed by atoms with Gasteiger partial charge in [-0.25, -0.2) is 4.79 Å². The van der Waals surface area contributed by atoms with Gasteiger partial charge in [0.2, 0.25) is 5.91 Å². The second kappa shape index (κ2) is 6.80. The molecule has 1 aliphatic rings. The highest BCUT2D eigenvalue weighted by Crippen LogP contribution is 2.24. The predicted octanol–water partition coefficient (Wildman–Crippen LogP) is 2.36. The van der Waals surface area contributed by atoms with Crippen molar-refractivity contribution in [2.24, 2.45) is 0 Å². The Bertz CT molecular complexity index is 546. The Balaban J connectivity index is 2.11. The second-order valence-electron chi connectivity index (χ2n) is 5.07. The number of carbonyl (C=O) groups is 2. The molecule has 0 spiro atoms. The Morgan fingerprint density at radius 1 is 1.43 bits per heavy atom. The van der Waals surface area contributed by atoms with Crippen molar-refractivity contribution in [1.82, 2.24) is 4.90 Å². The molecule has 2 rings (SSSR count). The Hall–Kier alpha value is -1.75. The lowest BCUT2D eigenvalue weighted by Crippen LogP contribution is -2.48. The van der Waals surface area contributed by atoms with Gasteiger partial charge in [-0.3, -0.25) is 4.79 Å². The zero-order chi connectivity index (χ0) is 15.4. The lowest BCUT2D eigenvalue weighted by molar-refractivity contribution is -0.151. The van der Waals surface area contributed by atoms with Gasteiger partial charge in [-0.05, 0) is 37.0 Å². The number of aliphatic carboxylic acids is 1. The number of methoxy groups -OCH3 is 1. The molecular weight excluding hydrogens is 294 g/mol. The number of carbonyl (C=O) groups excluding carboxylic acids is 1. The molecule has 1 atom stereocenters. The Kier molecular flexibility index (Phi) is 5.07. The van der Waals surface area contributed by atoms with Gasteiger partial charge in [0.1, 0.15) is 11.8 Å². The van der Waals surface area contributed by atoms with Gasteiger partial charge in [-0.2, -0.15) is 0 Å². The Labute approximate surface area is 128 Å². The van der Waals surface area contributed by atoms with Gasteiger partial charge in [0, 0.05) is 11.6 Å². The summed E-state index contributed by atoms with van der Waals surface area (Å²) >= 11 is 6.12. The van der Waals surface area contributed by atoms with Crippen molar-refractivity contribution in [2.75, 3.05) is 13.7 Å². The topological polar surface area (TPSA) is 66.8 Å². The van der Waals surface area contributed by atoms with Crippen LogP contribution in [0.15, 0.2) is 18.2 Å². The molecular formula is C15H18ClNO4. The van der Waals surface area contributed by atoms with E-state index in [9.17, 15) is 14.7 Å². The molecule has 21 heavy (non-hydrogen) atoms. The third-order valence-corrected chi connectivity index (χ3v) is 4.06. The molecule has 0 saturated carbocycles. The van der Waals surface area contributed by atoms with Crippen LogP contribution in [0.25, 0.3) is 0 Å². The summed E-state index contributed by atoms with van der Waals surface area (Å²) in [6, 6.07) is 4.40. The molecule has 1 aliphatic heterocycles. The van der Waals surface area contributed by atoms with E-state index in [1.807, 2.05) is 0 Å². The summed E-state index contributed by atoms with van der Waals surface area (Å²) < 4.78 is 5.06. The lowest BCUT2D eigenvalue weighted by atomic mass is 10.0. The van der Waals surface area contributed by atoms with E-state index in [0.29, 0.717) is 29.3 Å². The van der Waals surface area contributed by atoms with E-state index < -0.39 is 12.0 Å². The summed E-state index contributed by atoms with van der Waals surface area (Å²) in [4.78, 5) is 25.0. The van der Waals surface area contributed by atoms with Crippen molar-refractivity contribution >= 4 is 23.5 Å². The van der Waals surface area contributed by atoms with E-state index in [0.717, 1.165) is 12.8 Å². The molecule has 1 heterocycles. The highest BCUT2D eigenvalue weighted by atomic mass is 35.5. The fourth-order valence-corrected chi connectivity index (χ4v) is 2.79. The smallest absolute Gasteiger partial charge is 0.326 e. The largest absolute Gasteiger partial charge is 0.497 e. The SMILES string of the molecule is COc1ccc(CC(=O)N2CCCCC2C(=O)O)c(Cl)c1. The van der Waals surface area contributed by atoms with Crippen molar-refractivity contribution in [1.29, 1.82) is 0 Å². The summed E-state index contributed by atoms with van der Waals surface area (Å²) in [6.45, 7) is 0.490. The zero-order valence-corrected chi connectivity index (χ0v) is 12.6. The molecule has 1 unspecified atom stereocenters. The van der Waals surface area contributed by atoms with E-state index in [2.05, 4.69) is 0 Å². The monoisotopic (exact) mass is 311 g/mol. The van der Waals surface area contributed by atoms with Gasteiger partial charge in [-0.1, -0.05) is 17.7 Å². The number of hydrogen-bond acceptors (Lipinski definition) is 3. The van der Waals surface area contributed by atoms with E-state index in [1.54, 1.807) is 25.3 Å². The molecule has 0 radical (unpaired) electrons. The van der Waals surface area contributed by atoms with E-state index in [4.69, 9.17) is 16.3 Å². The van der Waals surface area contributed by atoms with Gasteiger partial charge in [0.25, 0.3) is 0 Å². The first kappa shape index (κ1) is 15.6. The van der Waals surface area contributed by atoms with Crippen LogP contribution < -0.4 is 4.74 Å². The molecule has 1 N–H and O–H groups in total. The fraction of sp³-hybridized carbons (Fsp3) is 0.467. The highest BCUT2D eigenvalue weighted by Gasteiger charge is 2.31. The minimum atomic E-state index is -0.941. The summed E-state index contributed by atoms with van der Waals surface area (Å²) in [5.74, 6) is -0.518. The molecule has 1 saturated heterocycles. The Morgan fingerprint density at radius 2 is 2.19 bits per heavy atom. The lowest BCUT2D eigenvalue weighted by Gasteiger charge is -2.33. The average molecular weight is 312 g/mol. The number of amides is 1. The maximum atomic E-state index is 12.4. The van der Waals surface area contributed by atoms with Crippen molar-refractivity contribution in [3.63, 3.8) is 0 Å². The summed E-state index contributed by atoms with van der Waals surface area (Å²) in [7, 11) is 1.54. The van der Waals surface area contributed by atoms with Gasteiger partial charge in [0.15, 0.2) is 0 Å². The molecule has 1 fully saturated rings. The molecule has 0 aromatic heterocycles. The number of ether oxygens (including phenoxy) is 1. The first-order valence-corrected chi connectivity index (χ1v) is 7.25. The number of hydrogen-bond donors (Lipinski definition) is 1. The molecule has 6 heteroatoms. The molecule has 0 aliphatic carbocycles. The number of piperidine rings is 1. The third kappa shape index (κ3) is 3.67. The number of carboxylic acids is 1. The zero-order valence-electron chi connectivity index (χ0n) is 11.8. The van der Waals surface area contributed by atoms with Crippen LogP contribution in [0.3, 0.4) is 0 Å². The van der Waals surface area contributed by atoms with Crippen LogP contribution >= 0.6 is 11.6 Å². The van der Waals surface area contributed by atoms with Gasteiger partial charge < -0.3 is 14.7 Å². The molecule has 1 aromatic rings. The van der Waals surface area contributed by atoms with Crippen LogP contribution in [0.4, 0.5) is 0 Å². The summed E-state index contributed by atoms with van der Waals surface area (Å²) in [5, 5.41) is 9.66. The van der Waals surface area contributed by atoms with Crippen molar-refractivity contribution < 1.29 is 19.4 Å². The van der Waals surface area contributed by atoms with Crippen LogP contribution in [0.1, 0.15) is 24.8 Å². The number of likely N-dealkylation sites (tertiary alicyclic amines) is 1. The number of carboxylic acid groups (broad SMARTS) is 1. The normalized spacial score (nSPS) is 18.4. The molecule has 114 valence electrons. The highest BCUT2D eigenvalue weighted by molar-refractivity contribution is 6.31. The van der Waals surface area contributed by atoms with Crippen LogP contribution in [-0.4, -0.2) is 41.6 Å². The van der Waals surface area contributed by atoms with Crippen molar-refractivity contribution in [3.05, 3.63) is 28.8 Å². The van der Waals surface area contributed by atoms with Crippen LogP contribution in [0.5, 0.6) is 5.75 Å². The predicted molar refractivity (Wildman–Crippen MR) is 78.7 cm³/mol. The Morgan fingerprint density at radius 3 is 2.81 bits per heavy atom. The van der Waals surface area contributed by atoms with Gasteiger partial charge in [0.05, 0.1) is 13.5 Å². The van der Waals surface area contributed by atoms with Crippen LogP contribution in [0.2, 0.25) is 5.02 Å². The molecule has 0 bridgehead atoms. The fourth-order valence-electron chi connectivity index (χ4n) is 2.55. The van der Waals surface area contributed by atoms with Crippen molar-refractivity contribution in [2.45, 2.75) is 31.7 Å². The van der Waals surface area contributed by atoms with Crippen LogP contribution in [-0.2, 0) is 16.0 Å². The maximum absolute atomic E-state index is 12.4. The second-order valence-corrected chi connectivity index (χ2v) is 5.48. The molecule has 1 amide bonds. The molecule has 5 nitrogen and oxygen atoms in total. The quantitative estimate of drug-likeness (QED) is 0.927. The third-order valence-electron chi connectivity index (χ3n) is 3.71. The van der Waals surface area contributed by atoms with E-state index >= 15 is 0 Å². The summed E-state index contributed by atoms with van der Waals surface area (Å²) in [5.41, 5.74) is 0.678. The average Bonchev–Trinajstić information content (AvgIpc) is 2.49. The first-order chi connectivity index (χ1) is 10.0. The number of nitrogens with zero attached hydrogens (tertiary/aromatic N) is 1.